The van der Waals surface area contributed by atoms with Crippen LogP contribution in [0.5, 0.6) is 11.5 Å². The molecule has 4 atom stereocenters. The van der Waals surface area contributed by atoms with Gasteiger partial charge in [0.25, 0.3) is 0 Å². The van der Waals surface area contributed by atoms with Gasteiger partial charge >= 0.3 is 0 Å². The highest BCUT2D eigenvalue weighted by Gasteiger charge is 2.52. The molecule has 32 heavy (non-hydrogen) atoms. The fourth-order valence-corrected chi connectivity index (χ4v) is 6.47. The Balaban J connectivity index is 1.47. The number of carbonyl (C=O) groups is 2. The van der Waals surface area contributed by atoms with E-state index in [2.05, 4.69) is 37.3 Å². The first-order valence-electron chi connectivity index (χ1n) is 11.9. The van der Waals surface area contributed by atoms with Crippen molar-refractivity contribution in [3.8, 4) is 11.5 Å². The number of allylic oxidation sites excluding steroid dienone is 2. The van der Waals surface area contributed by atoms with Crippen molar-refractivity contribution in [2.24, 2.45) is 17.8 Å². The minimum absolute atomic E-state index is 0.0748. The third-order valence-electron chi connectivity index (χ3n) is 7.95. The summed E-state index contributed by atoms with van der Waals surface area (Å²) in [6.45, 7) is 2.37. The molecular formula is C28H28O4. The Bertz CT molecular complexity index is 1140. The van der Waals surface area contributed by atoms with Gasteiger partial charge < -0.3 is 9.47 Å². The van der Waals surface area contributed by atoms with Crippen molar-refractivity contribution in [1.82, 2.24) is 0 Å². The van der Waals surface area contributed by atoms with Crippen LogP contribution in [0.25, 0.3) is 5.57 Å². The summed E-state index contributed by atoms with van der Waals surface area (Å²) in [6.07, 6.45) is 4.84. The second kappa shape index (κ2) is 7.61. The van der Waals surface area contributed by atoms with Crippen LogP contribution in [0.2, 0.25) is 0 Å². The van der Waals surface area contributed by atoms with Gasteiger partial charge in [-0.15, -0.1) is 0 Å². The number of unbranched alkanes of at least 4 members (excludes halogenated alkanes) is 1. The molecule has 2 aromatic rings. The number of benzene rings is 2. The number of ketones is 2. The molecule has 4 unspecified atom stereocenters. The van der Waals surface area contributed by atoms with Gasteiger partial charge in [-0.05, 0) is 53.7 Å². The smallest absolute Gasteiger partial charge is 0.231 e. The lowest BCUT2D eigenvalue weighted by molar-refractivity contribution is -0.143. The Hall–Kier alpha value is -2.88. The first-order chi connectivity index (χ1) is 15.7. The Morgan fingerprint density at radius 2 is 1.84 bits per heavy atom. The lowest BCUT2D eigenvalue weighted by Crippen LogP contribution is -2.46. The molecule has 1 aliphatic heterocycles. The fourth-order valence-electron chi connectivity index (χ4n) is 6.47. The Labute approximate surface area is 188 Å². The standard InChI is InChI=1S/C28H28O4/c1-2-3-6-18-12-23(29)27-22(28(18)30)14-20-19-8-5-4-7-16(19)11-21(20)26(27)17-9-10-24-25(13-17)32-15-31-24/h4-5,7-10,13,18,22,26-27H,2-3,6,11-12,14-15H2,1H3. The number of carbonyl (C=O) groups excluding carboxylic acids is 2. The molecule has 1 heterocycles. The van der Waals surface area contributed by atoms with Gasteiger partial charge in [0.1, 0.15) is 11.6 Å². The molecule has 1 saturated carbocycles. The third-order valence-corrected chi connectivity index (χ3v) is 7.95. The van der Waals surface area contributed by atoms with Gasteiger partial charge in [0.05, 0.1) is 0 Å². The summed E-state index contributed by atoms with van der Waals surface area (Å²) in [7, 11) is 0. The van der Waals surface area contributed by atoms with Crippen molar-refractivity contribution in [2.75, 3.05) is 6.79 Å². The van der Waals surface area contributed by atoms with Crippen LogP contribution in [0.3, 0.4) is 0 Å². The van der Waals surface area contributed by atoms with E-state index >= 15 is 0 Å². The van der Waals surface area contributed by atoms with E-state index in [1.807, 2.05) is 12.1 Å². The Kier molecular flexibility index (Phi) is 4.71. The molecule has 4 nitrogen and oxygen atoms in total. The molecule has 0 amide bonds. The summed E-state index contributed by atoms with van der Waals surface area (Å²) in [4.78, 5) is 27.3. The van der Waals surface area contributed by atoms with Gasteiger partial charge in [-0.1, -0.05) is 55.7 Å². The van der Waals surface area contributed by atoms with Crippen molar-refractivity contribution in [3.05, 3.63) is 64.7 Å². The zero-order chi connectivity index (χ0) is 21.8. The second-order valence-electron chi connectivity index (χ2n) is 9.68. The number of ether oxygens (including phenoxy) is 2. The van der Waals surface area contributed by atoms with E-state index in [1.165, 1.54) is 22.3 Å². The second-order valence-corrected chi connectivity index (χ2v) is 9.68. The highest BCUT2D eigenvalue weighted by molar-refractivity contribution is 6.01. The molecule has 2 aromatic carbocycles. The summed E-state index contributed by atoms with van der Waals surface area (Å²) >= 11 is 0. The van der Waals surface area contributed by atoms with Crippen molar-refractivity contribution in [1.29, 1.82) is 0 Å². The molecule has 164 valence electrons. The first kappa shape index (κ1) is 19.8. The van der Waals surface area contributed by atoms with Gasteiger partial charge in [0.2, 0.25) is 6.79 Å². The number of Topliss-reactive ketones (excluding diaryl/α,β-unsaturated/α-hetero) is 2. The van der Waals surface area contributed by atoms with Crippen LogP contribution in [0.1, 0.15) is 61.6 Å². The van der Waals surface area contributed by atoms with E-state index in [0.29, 0.717) is 18.6 Å². The highest BCUT2D eigenvalue weighted by Crippen LogP contribution is 2.56. The van der Waals surface area contributed by atoms with Gasteiger partial charge in [0.15, 0.2) is 11.5 Å². The van der Waals surface area contributed by atoms with E-state index in [-0.39, 0.29) is 36.2 Å². The predicted molar refractivity (Wildman–Crippen MR) is 122 cm³/mol. The summed E-state index contributed by atoms with van der Waals surface area (Å²) in [6, 6.07) is 14.6. The van der Waals surface area contributed by atoms with Crippen LogP contribution in [-0.4, -0.2) is 18.4 Å². The highest BCUT2D eigenvalue weighted by atomic mass is 16.7. The lowest BCUT2D eigenvalue weighted by atomic mass is 9.58. The average Bonchev–Trinajstić information content (AvgIpc) is 3.43. The maximum absolute atomic E-state index is 13.7. The third kappa shape index (κ3) is 2.96. The summed E-state index contributed by atoms with van der Waals surface area (Å²) < 4.78 is 11.2. The average molecular weight is 429 g/mol. The van der Waals surface area contributed by atoms with E-state index in [0.717, 1.165) is 42.7 Å². The number of fused-ring (bicyclic) bond motifs is 4. The number of hydrogen-bond acceptors (Lipinski definition) is 4. The molecule has 0 spiro atoms. The molecule has 0 bridgehead atoms. The van der Waals surface area contributed by atoms with E-state index < -0.39 is 0 Å². The Morgan fingerprint density at radius 3 is 2.72 bits per heavy atom. The van der Waals surface area contributed by atoms with E-state index in [1.54, 1.807) is 0 Å². The van der Waals surface area contributed by atoms with Crippen LogP contribution < -0.4 is 9.47 Å². The molecule has 3 aliphatic carbocycles. The van der Waals surface area contributed by atoms with Gasteiger partial charge in [-0.25, -0.2) is 0 Å². The molecule has 0 aromatic heterocycles. The summed E-state index contributed by atoms with van der Waals surface area (Å²) in [5, 5.41) is 0. The monoisotopic (exact) mass is 428 g/mol. The molecule has 0 saturated heterocycles. The topological polar surface area (TPSA) is 52.6 Å². The molecule has 1 fully saturated rings. The Morgan fingerprint density at radius 1 is 1.00 bits per heavy atom. The summed E-state index contributed by atoms with van der Waals surface area (Å²) in [5.41, 5.74) is 6.26. The minimum atomic E-state index is -0.270. The molecule has 4 aliphatic rings. The fraction of sp³-hybridized carbons (Fsp3) is 0.429. The van der Waals surface area contributed by atoms with Gasteiger partial charge in [0, 0.05) is 30.1 Å². The van der Waals surface area contributed by atoms with Crippen LogP contribution in [0, 0.1) is 17.8 Å². The minimum Gasteiger partial charge on any atom is -0.454 e. The zero-order valence-electron chi connectivity index (χ0n) is 18.4. The lowest BCUT2D eigenvalue weighted by Gasteiger charge is -2.43. The quantitative estimate of drug-likeness (QED) is 0.646. The summed E-state index contributed by atoms with van der Waals surface area (Å²) in [5.74, 6) is 1.38. The van der Waals surface area contributed by atoms with Crippen molar-refractivity contribution >= 4 is 17.1 Å². The van der Waals surface area contributed by atoms with Crippen molar-refractivity contribution < 1.29 is 19.1 Å². The van der Waals surface area contributed by atoms with Crippen LogP contribution in [0.4, 0.5) is 0 Å². The number of rotatable bonds is 4. The molecule has 4 heteroatoms. The zero-order valence-corrected chi connectivity index (χ0v) is 18.4. The van der Waals surface area contributed by atoms with Gasteiger partial charge in [-0.3, -0.25) is 9.59 Å². The first-order valence-corrected chi connectivity index (χ1v) is 11.9. The van der Waals surface area contributed by atoms with Crippen molar-refractivity contribution in [3.63, 3.8) is 0 Å². The maximum atomic E-state index is 13.7. The SMILES string of the molecule is CCCCC1CC(=O)C2C(CC3=C(Cc4ccccc43)C2c2ccc3c(c2)OCO3)C1=O. The van der Waals surface area contributed by atoms with Crippen LogP contribution >= 0.6 is 0 Å². The van der Waals surface area contributed by atoms with Crippen molar-refractivity contribution in [2.45, 2.75) is 51.4 Å². The van der Waals surface area contributed by atoms with E-state index in [9.17, 15) is 9.59 Å². The van der Waals surface area contributed by atoms with E-state index in [4.69, 9.17) is 9.47 Å². The molecule has 0 N–H and O–H groups in total. The van der Waals surface area contributed by atoms with Crippen LogP contribution in [0.15, 0.2) is 48.0 Å². The predicted octanol–water partition coefficient (Wildman–Crippen LogP) is 5.49. The molecule has 0 radical (unpaired) electrons. The van der Waals surface area contributed by atoms with Crippen LogP contribution in [-0.2, 0) is 16.0 Å². The molecule has 6 rings (SSSR count). The van der Waals surface area contributed by atoms with Gasteiger partial charge in [-0.2, -0.15) is 0 Å². The largest absolute Gasteiger partial charge is 0.454 e. The molecular weight excluding hydrogens is 400 g/mol. The number of hydrogen-bond donors (Lipinski definition) is 0. The maximum Gasteiger partial charge on any atom is 0.231 e. The normalized spacial score (nSPS) is 27.9.